The molecule has 2 atom stereocenters. The lowest BCUT2D eigenvalue weighted by atomic mass is 9.85. The van der Waals surface area contributed by atoms with E-state index in [2.05, 4.69) is 22.2 Å². The molecule has 0 aliphatic carbocycles. The molecule has 1 aromatic carbocycles. The predicted molar refractivity (Wildman–Crippen MR) is 76.2 cm³/mol. The van der Waals surface area contributed by atoms with Gasteiger partial charge in [-0.05, 0) is 49.9 Å². The number of hydrogen-bond donors (Lipinski definition) is 3. The molecule has 19 heavy (non-hydrogen) atoms. The maximum absolute atomic E-state index is 9.47. The largest absolute Gasteiger partial charge is 0.508 e. The fourth-order valence-electron chi connectivity index (χ4n) is 2.98. The molecule has 0 spiro atoms. The average molecular weight is 259 g/mol. The van der Waals surface area contributed by atoms with Crippen LogP contribution in [0.15, 0.2) is 18.2 Å². The van der Waals surface area contributed by atoms with Crippen LogP contribution in [0.3, 0.4) is 0 Å². The third-order valence-corrected chi connectivity index (χ3v) is 4.17. The summed E-state index contributed by atoms with van der Waals surface area (Å²) in [6, 6.07) is 5.28. The molecule has 102 valence electrons. The number of aromatic hydroxyl groups is 1. The van der Waals surface area contributed by atoms with Gasteiger partial charge in [-0.3, -0.25) is 0 Å². The number of aromatic nitrogens is 2. The minimum atomic E-state index is 0.284. The molecule has 1 aliphatic heterocycles. The van der Waals surface area contributed by atoms with Crippen molar-refractivity contribution < 1.29 is 5.11 Å². The first kappa shape index (κ1) is 12.5. The van der Waals surface area contributed by atoms with Crippen LogP contribution in [0.4, 0.5) is 0 Å². The molecule has 0 amide bonds. The SMILES string of the molecule is CC(Cc1nc2ccc(O)cc2[nH]1)C1CCCNC1. The van der Waals surface area contributed by atoms with Crippen molar-refractivity contribution in [2.24, 2.45) is 11.8 Å². The van der Waals surface area contributed by atoms with E-state index in [1.807, 2.05) is 6.07 Å². The maximum atomic E-state index is 9.47. The summed E-state index contributed by atoms with van der Waals surface area (Å²) in [4.78, 5) is 7.92. The van der Waals surface area contributed by atoms with Gasteiger partial charge in [0.25, 0.3) is 0 Å². The van der Waals surface area contributed by atoms with Gasteiger partial charge in [-0.15, -0.1) is 0 Å². The van der Waals surface area contributed by atoms with Crippen molar-refractivity contribution in [3.8, 4) is 5.75 Å². The van der Waals surface area contributed by atoms with E-state index >= 15 is 0 Å². The number of benzene rings is 1. The fraction of sp³-hybridized carbons (Fsp3) is 0.533. The highest BCUT2D eigenvalue weighted by molar-refractivity contribution is 5.76. The highest BCUT2D eigenvalue weighted by Crippen LogP contribution is 2.24. The highest BCUT2D eigenvalue weighted by atomic mass is 16.3. The Morgan fingerprint density at radius 1 is 1.47 bits per heavy atom. The van der Waals surface area contributed by atoms with Gasteiger partial charge in [0.15, 0.2) is 0 Å². The lowest BCUT2D eigenvalue weighted by Gasteiger charge is -2.27. The number of piperidine rings is 1. The van der Waals surface area contributed by atoms with Crippen LogP contribution in [-0.4, -0.2) is 28.2 Å². The summed E-state index contributed by atoms with van der Waals surface area (Å²) >= 11 is 0. The Labute approximate surface area is 113 Å². The molecule has 4 heteroatoms. The zero-order valence-corrected chi connectivity index (χ0v) is 11.3. The molecule has 1 saturated heterocycles. The van der Waals surface area contributed by atoms with Crippen LogP contribution in [-0.2, 0) is 6.42 Å². The van der Waals surface area contributed by atoms with Crippen molar-refractivity contribution in [2.45, 2.75) is 26.2 Å². The quantitative estimate of drug-likeness (QED) is 0.793. The van der Waals surface area contributed by atoms with Gasteiger partial charge in [-0.1, -0.05) is 6.92 Å². The minimum Gasteiger partial charge on any atom is -0.508 e. The summed E-state index contributed by atoms with van der Waals surface area (Å²) < 4.78 is 0. The van der Waals surface area contributed by atoms with Crippen LogP contribution in [0.25, 0.3) is 11.0 Å². The topological polar surface area (TPSA) is 60.9 Å². The second kappa shape index (κ2) is 5.21. The molecule has 1 aliphatic rings. The Bertz CT molecular complexity index is 558. The summed E-state index contributed by atoms with van der Waals surface area (Å²) in [6.07, 6.45) is 3.57. The van der Waals surface area contributed by atoms with Crippen LogP contribution < -0.4 is 5.32 Å². The molecule has 0 bridgehead atoms. The average Bonchev–Trinajstić information content (AvgIpc) is 2.81. The molecule has 3 N–H and O–H groups in total. The van der Waals surface area contributed by atoms with Gasteiger partial charge in [0.05, 0.1) is 11.0 Å². The fourth-order valence-corrected chi connectivity index (χ4v) is 2.98. The molecular formula is C15H21N3O. The van der Waals surface area contributed by atoms with Gasteiger partial charge in [0.2, 0.25) is 0 Å². The number of nitrogens with zero attached hydrogens (tertiary/aromatic N) is 1. The van der Waals surface area contributed by atoms with Gasteiger partial charge in [-0.25, -0.2) is 4.98 Å². The number of aromatic amines is 1. The number of fused-ring (bicyclic) bond motifs is 1. The van der Waals surface area contributed by atoms with Crippen molar-refractivity contribution in [3.05, 3.63) is 24.0 Å². The minimum absolute atomic E-state index is 0.284. The molecule has 2 unspecified atom stereocenters. The van der Waals surface area contributed by atoms with E-state index in [1.165, 1.54) is 12.8 Å². The first-order chi connectivity index (χ1) is 9.22. The molecule has 3 rings (SSSR count). The number of imidazole rings is 1. The molecular weight excluding hydrogens is 238 g/mol. The first-order valence-electron chi connectivity index (χ1n) is 7.10. The summed E-state index contributed by atoms with van der Waals surface area (Å²) in [7, 11) is 0. The number of nitrogens with one attached hydrogen (secondary N) is 2. The van der Waals surface area contributed by atoms with Crippen LogP contribution >= 0.6 is 0 Å². The summed E-state index contributed by atoms with van der Waals surface area (Å²) in [6.45, 7) is 4.59. The molecule has 0 radical (unpaired) electrons. The normalized spacial score (nSPS) is 21.6. The first-order valence-corrected chi connectivity index (χ1v) is 7.10. The molecule has 1 aromatic heterocycles. The third-order valence-electron chi connectivity index (χ3n) is 4.17. The van der Waals surface area contributed by atoms with Gasteiger partial charge in [-0.2, -0.15) is 0 Å². The number of phenols is 1. The van der Waals surface area contributed by atoms with Gasteiger partial charge >= 0.3 is 0 Å². The molecule has 1 fully saturated rings. The van der Waals surface area contributed by atoms with Crippen LogP contribution in [0, 0.1) is 11.8 Å². The Kier molecular flexibility index (Phi) is 3.42. The number of rotatable bonds is 3. The van der Waals surface area contributed by atoms with E-state index < -0.39 is 0 Å². The lowest BCUT2D eigenvalue weighted by molar-refractivity contribution is 0.276. The second-order valence-corrected chi connectivity index (χ2v) is 5.67. The highest BCUT2D eigenvalue weighted by Gasteiger charge is 2.21. The number of phenolic OH excluding ortho intramolecular Hbond substituents is 1. The third kappa shape index (κ3) is 2.73. The standard InChI is InChI=1S/C15H21N3O/c1-10(11-3-2-6-16-9-11)7-15-17-13-5-4-12(19)8-14(13)18-15/h4-5,8,10-11,16,19H,2-3,6-7,9H2,1H3,(H,17,18). The van der Waals surface area contributed by atoms with Crippen molar-refractivity contribution >= 4 is 11.0 Å². The summed E-state index contributed by atoms with van der Waals surface area (Å²) in [5, 5.41) is 12.9. The van der Waals surface area contributed by atoms with Crippen LogP contribution in [0.2, 0.25) is 0 Å². The van der Waals surface area contributed by atoms with Crippen molar-refractivity contribution in [1.82, 2.24) is 15.3 Å². The van der Waals surface area contributed by atoms with E-state index in [0.29, 0.717) is 5.92 Å². The van der Waals surface area contributed by atoms with Crippen LogP contribution in [0.1, 0.15) is 25.6 Å². The van der Waals surface area contributed by atoms with E-state index in [0.717, 1.165) is 42.3 Å². The van der Waals surface area contributed by atoms with Crippen LogP contribution in [0.5, 0.6) is 5.75 Å². The van der Waals surface area contributed by atoms with Gasteiger partial charge in [0.1, 0.15) is 11.6 Å². The Morgan fingerprint density at radius 3 is 3.16 bits per heavy atom. The number of H-pyrrole nitrogens is 1. The van der Waals surface area contributed by atoms with E-state index in [-0.39, 0.29) is 5.75 Å². The van der Waals surface area contributed by atoms with E-state index in [4.69, 9.17) is 0 Å². The molecule has 2 aromatic rings. The van der Waals surface area contributed by atoms with Gasteiger partial charge < -0.3 is 15.4 Å². The molecule has 4 nitrogen and oxygen atoms in total. The maximum Gasteiger partial charge on any atom is 0.117 e. The van der Waals surface area contributed by atoms with E-state index in [1.54, 1.807) is 12.1 Å². The Hall–Kier alpha value is -1.55. The lowest BCUT2D eigenvalue weighted by Crippen LogP contribution is -2.34. The van der Waals surface area contributed by atoms with E-state index in [9.17, 15) is 5.11 Å². The molecule has 0 saturated carbocycles. The van der Waals surface area contributed by atoms with Crippen molar-refractivity contribution in [2.75, 3.05) is 13.1 Å². The zero-order valence-electron chi connectivity index (χ0n) is 11.3. The Balaban J connectivity index is 1.73. The van der Waals surface area contributed by atoms with Gasteiger partial charge in [0, 0.05) is 12.5 Å². The zero-order chi connectivity index (χ0) is 13.2. The molecule has 2 heterocycles. The Morgan fingerprint density at radius 2 is 2.37 bits per heavy atom. The smallest absolute Gasteiger partial charge is 0.117 e. The monoisotopic (exact) mass is 259 g/mol. The second-order valence-electron chi connectivity index (χ2n) is 5.67. The summed E-state index contributed by atoms with van der Waals surface area (Å²) in [5.41, 5.74) is 1.85. The summed E-state index contributed by atoms with van der Waals surface area (Å²) in [5.74, 6) is 2.68. The van der Waals surface area contributed by atoms with Crippen molar-refractivity contribution in [3.63, 3.8) is 0 Å². The van der Waals surface area contributed by atoms with Crippen molar-refractivity contribution in [1.29, 1.82) is 0 Å². The predicted octanol–water partition coefficient (Wildman–Crippen LogP) is 2.45. The number of hydrogen-bond acceptors (Lipinski definition) is 3.